The third-order valence-electron chi connectivity index (χ3n) is 3.54. The van der Waals surface area contributed by atoms with Crippen LogP contribution < -0.4 is 15.8 Å². The van der Waals surface area contributed by atoms with Gasteiger partial charge in [-0.1, -0.05) is 24.3 Å². The van der Waals surface area contributed by atoms with E-state index in [4.69, 9.17) is 10.5 Å². The second kappa shape index (κ2) is 7.74. The SMILES string of the molecule is Cc1ccccc1NCCCc1ccc(OC(C)C)c(N)c1. The summed E-state index contributed by atoms with van der Waals surface area (Å²) in [6, 6.07) is 14.4. The zero-order chi connectivity index (χ0) is 15.9. The first-order chi connectivity index (χ1) is 10.6. The fourth-order valence-electron chi connectivity index (χ4n) is 2.40. The summed E-state index contributed by atoms with van der Waals surface area (Å²) >= 11 is 0. The summed E-state index contributed by atoms with van der Waals surface area (Å²) in [7, 11) is 0. The summed E-state index contributed by atoms with van der Waals surface area (Å²) < 4.78 is 5.66. The summed E-state index contributed by atoms with van der Waals surface area (Å²) in [5.41, 5.74) is 10.5. The molecule has 0 saturated carbocycles. The Labute approximate surface area is 133 Å². The van der Waals surface area contributed by atoms with Crippen molar-refractivity contribution in [2.45, 2.75) is 39.7 Å². The van der Waals surface area contributed by atoms with Gasteiger partial charge in [0.15, 0.2) is 0 Å². The van der Waals surface area contributed by atoms with Crippen molar-refractivity contribution in [3.05, 3.63) is 53.6 Å². The first-order valence-corrected chi connectivity index (χ1v) is 7.91. The lowest BCUT2D eigenvalue weighted by molar-refractivity contribution is 0.244. The molecule has 0 amide bonds. The van der Waals surface area contributed by atoms with Gasteiger partial charge < -0.3 is 15.8 Å². The minimum Gasteiger partial charge on any atom is -0.489 e. The number of ether oxygens (including phenoxy) is 1. The highest BCUT2D eigenvalue weighted by Crippen LogP contribution is 2.24. The number of nitrogens with two attached hydrogens (primary N) is 1. The molecule has 0 unspecified atom stereocenters. The Balaban J connectivity index is 1.82. The monoisotopic (exact) mass is 298 g/mol. The van der Waals surface area contributed by atoms with Crippen LogP contribution >= 0.6 is 0 Å². The normalized spacial score (nSPS) is 10.7. The number of para-hydroxylation sites is 1. The molecule has 2 aromatic rings. The fraction of sp³-hybridized carbons (Fsp3) is 0.368. The summed E-state index contributed by atoms with van der Waals surface area (Å²) in [5.74, 6) is 0.775. The highest BCUT2D eigenvalue weighted by Gasteiger charge is 2.04. The Morgan fingerprint density at radius 1 is 1.14 bits per heavy atom. The number of rotatable bonds is 7. The molecular formula is C19H26N2O. The third kappa shape index (κ3) is 4.69. The lowest BCUT2D eigenvalue weighted by Crippen LogP contribution is -2.08. The maximum Gasteiger partial charge on any atom is 0.142 e. The lowest BCUT2D eigenvalue weighted by atomic mass is 10.1. The molecule has 0 aromatic heterocycles. The summed E-state index contributed by atoms with van der Waals surface area (Å²) in [6.45, 7) is 7.08. The molecule has 0 bridgehead atoms. The second-order valence-corrected chi connectivity index (χ2v) is 5.88. The predicted molar refractivity (Wildman–Crippen MR) is 94.6 cm³/mol. The number of anilines is 2. The number of nitrogens with one attached hydrogen (secondary N) is 1. The van der Waals surface area contributed by atoms with Gasteiger partial charge in [-0.05, 0) is 62.9 Å². The molecule has 0 aliphatic rings. The van der Waals surface area contributed by atoms with E-state index < -0.39 is 0 Å². The predicted octanol–water partition coefficient (Wildman–Crippen LogP) is 4.41. The topological polar surface area (TPSA) is 47.3 Å². The minimum absolute atomic E-state index is 0.145. The quantitative estimate of drug-likeness (QED) is 0.588. The minimum atomic E-state index is 0.145. The molecule has 2 rings (SSSR count). The molecule has 2 aromatic carbocycles. The Morgan fingerprint density at radius 3 is 2.59 bits per heavy atom. The van der Waals surface area contributed by atoms with Crippen molar-refractivity contribution < 1.29 is 4.74 Å². The van der Waals surface area contributed by atoms with Crippen LogP contribution in [-0.4, -0.2) is 12.6 Å². The lowest BCUT2D eigenvalue weighted by Gasteiger charge is -2.13. The van der Waals surface area contributed by atoms with E-state index in [1.807, 2.05) is 26.0 Å². The maximum atomic E-state index is 6.04. The molecule has 0 heterocycles. The number of benzene rings is 2. The van der Waals surface area contributed by atoms with Gasteiger partial charge in [0.05, 0.1) is 11.8 Å². The van der Waals surface area contributed by atoms with E-state index in [-0.39, 0.29) is 6.10 Å². The average molecular weight is 298 g/mol. The van der Waals surface area contributed by atoms with Crippen molar-refractivity contribution in [2.75, 3.05) is 17.6 Å². The van der Waals surface area contributed by atoms with Gasteiger partial charge in [0.1, 0.15) is 5.75 Å². The molecule has 3 nitrogen and oxygen atoms in total. The highest BCUT2D eigenvalue weighted by atomic mass is 16.5. The molecule has 0 aliphatic carbocycles. The standard InChI is InChI=1S/C19H26N2O/c1-14(2)22-19-11-10-16(13-17(19)20)8-6-12-21-18-9-5-4-7-15(18)3/h4-5,7,9-11,13-14,21H,6,8,12,20H2,1-3H3. The van der Waals surface area contributed by atoms with Crippen LogP contribution in [-0.2, 0) is 6.42 Å². The zero-order valence-electron chi connectivity index (χ0n) is 13.7. The number of aryl methyl sites for hydroxylation is 2. The van der Waals surface area contributed by atoms with Crippen LogP contribution in [0.1, 0.15) is 31.4 Å². The average Bonchev–Trinajstić information content (AvgIpc) is 2.47. The van der Waals surface area contributed by atoms with E-state index in [9.17, 15) is 0 Å². The van der Waals surface area contributed by atoms with Gasteiger partial charge in [-0.3, -0.25) is 0 Å². The molecule has 3 heteroatoms. The van der Waals surface area contributed by atoms with Crippen LogP contribution in [0.15, 0.2) is 42.5 Å². The highest BCUT2D eigenvalue weighted by molar-refractivity contribution is 5.54. The Bertz CT molecular complexity index is 608. The van der Waals surface area contributed by atoms with E-state index in [2.05, 4.69) is 42.6 Å². The zero-order valence-corrected chi connectivity index (χ0v) is 13.7. The number of hydrogen-bond acceptors (Lipinski definition) is 3. The molecule has 0 saturated heterocycles. The van der Waals surface area contributed by atoms with Crippen molar-refractivity contribution >= 4 is 11.4 Å². The van der Waals surface area contributed by atoms with Gasteiger partial charge in [0, 0.05) is 12.2 Å². The molecule has 0 fully saturated rings. The van der Waals surface area contributed by atoms with Crippen LogP contribution in [0.25, 0.3) is 0 Å². The van der Waals surface area contributed by atoms with Gasteiger partial charge in [-0.15, -0.1) is 0 Å². The van der Waals surface area contributed by atoms with Crippen LogP contribution in [0.3, 0.4) is 0 Å². The first kappa shape index (κ1) is 16.2. The van der Waals surface area contributed by atoms with E-state index in [1.54, 1.807) is 0 Å². The van der Waals surface area contributed by atoms with Gasteiger partial charge in [-0.25, -0.2) is 0 Å². The molecule has 3 N–H and O–H groups in total. The summed E-state index contributed by atoms with van der Waals surface area (Å²) in [6.07, 6.45) is 2.22. The third-order valence-corrected chi connectivity index (χ3v) is 3.54. The Hall–Kier alpha value is -2.16. The first-order valence-electron chi connectivity index (χ1n) is 7.91. The van der Waals surface area contributed by atoms with Gasteiger partial charge in [-0.2, -0.15) is 0 Å². The molecule has 0 radical (unpaired) electrons. The van der Waals surface area contributed by atoms with Crippen LogP contribution in [0.4, 0.5) is 11.4 Å². The summed E-state index contributed by atoms with van der Waals surface area (Å²) in [4.78, 5) is 0. The smallest absolute Gasteiger partial charge is 0.142 e. The van der Waals surface area contributed by atoms with Crippen molar-refractivity contribution in [3.8, 4) is 5.75 Å². The molecule has 0 aliphatic heterocycles. The van der Waals surface area contributed by atoms with E-state index in [1.165, 1.54) is 16.8 Å². The van der Waals surface area contributed by atoms with Crippen molar-refractivity contribution in [3.63, 3.8) is 0 Å². The largest absolute Gasteiger partial charge is 0.489 e. The maximum absolute atomic E-state index is 6.04. The van der Waals surface area contributed by atoms with Gasteiger partial charge >= 0.3 is 0 Å². The van der Waals surface area contributed by atoms with Gasteiger partial charge in [0.2, 0.25) is 0 Å². The van der Waals surface area contributed by atoms with Crippen LogP contribution in [0, 0.1) is 6.92 Å². The van der Waals surface area contributed by atoms with Gasteiger partial charge in [0.25, 0.3) is 0 Å². The number of nitrogen functional groups attached to an aromatic ring is 1. The van der Waals surface area contributed by atoms with Crippen LogP contribution in [0.5, 0.6) is 5.75 Å². The van der Waals surface area contributed by atoms with E-state index in [0.29, 0.717) is 0 Å². The van der Waals surface area contributed by atoms with Crippen molar-refractivity contribution in [1.29, 1.82) is 0 Å². The molecule has 0 atom stereocenters. The molecule has 118 valence electrons. The summed E-state index contributed by atoms with van der Waals surface area (Å²) in [5, 5.41) is 3.48. The Kier molecular flexibility index (Phi) is 5.70. The number of hydrogen-bond donors (Lipinski definition) is 2. The Morgan fingerprint density at radius 2 is 1.91 bits per heavy atom. The van der Waals surface area contributed by atoms with E-state index >= 15 is 0 Å². The van der Waals surface area contributed by atoms with Crippen molar-refractivity contribution in [2.24, 2.45) is 0 Å². The second-order valence-electron chi connectivity index (χ2n) is 5.88. The fourth-order valence-corrected chi connectivity index (χ4v) is 2.40. The molecule has 22 heavy (non-hydrogen) atoms. The van der Waals surface area contributed by atoms with Crippen molar-refractivity contribution in [1.82, 2.24) is 0 Å². The van der Waals surface area contributed by atoms with E-state index in [0.717, 1.165) is 30.8 Å². The van der Waals surface area contributed by atoms with Crippen LogP contribution in [0.2, 0.25) is 0 Å². The molecule has 0 spiro atoms. The molecular weight excluding hydrogens is 272 g/mol.